The van der Waals surface area contributed by atoms with Crippen LogP contribution >= 0.6 is 12.2 Å². The van der Waals surface area contributed by atoms with Gasteiger partial charge in [-0.05, 0) is 48.5 Å². The van der Waals surface area contributed by atoms with Gasteiger partial charge in [-0.1, -0.05) is 19.9 Å². The lowest BCUT2D eigenvalue weighted by Crippen LogP contribution is -2.52. The number of hydrogen-bond acceptors (Lipinski definition) is 7. The zero-order valence-electron chi connectivity index (χ0n) is 18.9. The molecule has 176 valence electrons. The summed E-state index contributed by atoms with van der Waals surface area (Å²) in [6.07, 6.45) is 0. The van der Waals surface area contributed by atoms with Gasteiger partial charge in [0.25, 0.3) is 11.6 Å². The predicted octanol–water partition coefficient (Wildman–Crippen LogP) is 3.48. The van der Waals surface area contributed by atoms with Crippen molar-refractivity contribution < 1.29 is 19.2 Å². The number of nitrogens with one attached hydrogen (secondary N) is 1. The van der Waals surface area contributed by atoms with E-state index in [1.807, 2.05) is 15.9 Å². The first-order valence-corrected chi connectivity index (χ1v) is 11.1. The number of anilines is 1. The van der Waals surface area contributed by atoms with E-state index >= 15 is 0 Å². The van der Waals surface area contributed by atoms with Crippen molar-refractivity contribution in [1.29, 1.82) is 0 Å². The van der Waals surface area contributed by atoms with Gasteiger partial charge in [0.05, 0.1) is 24.7 Å². The number of piperazine rings is 1. The Morgan fingerprint density at radius 2 is 1.88 bits per heavy atom. The lowest BCUT2D eigenvalue weighted by Gasteiger charge is -2.37. The van der Waals surface area contributed by atoms with Crippen molar-refractivity contribution >= 4 is 34.6 Å². The van der Waals surface area contributed by atoms with Crippen LogP contribution in [0.3, 0.4) is 0 Å². The van der Waals surface area contributed by atoms with Crippen molar-refractivity contribution in [3.8, 4) is 11.5 Å². The summed E-state index contributed by atoms with van der Waals surface area (Å²) < 4.78 is 10.8. The smallest absolute Gasteiger partial charge is 0.296 e. The highest BCUT2D eigenvalue weighted by atomic mass is 32.1. The van der Waals surface area contributed by atoms with E-state index in [2.05, 4.69) is 19.2 Å². The zero-order valence-corrected chi connectivity index (χ0v) is 19.8. The van der Waals surface area contributed by atoms with Gasteiger partial charge in [0.15, 0.2) is 5.11 Å². The van der Waals surface area contributed by atoms with Crippen molar-refractivity contribution in [3.05, 3.63) is 58.1 Å². The second kappa shape index (κ2) is 11.0. The molecule has 2 aromatic rings. The molecule has 1 saturated heterocycles. The molecule has 0 saturated carbocycles. The van der Waals surface area contributed by atoms with Gasteiger partial charge < -0.3 is 19.3 Å². The first kappa shape index (κ1) is 24.2. The summed E-state index contributed by atoms with van der Waals surface area (Å²) >= 11 is 5.44. The Bertz CT molecular complexity index is 1020. The topological polar surface area (TPSA) is 97.2 Å². The van der Waals surface area contributed by atoms with Crippen LogP contribution in [-0.2, 0) is 0 Å². The summed E-state index contributed by atoms with van der Waals surface area (Å²) in [5.41, 5.74) is 0.998. The molecule has 1 fully saturated rings. The summed E-state index contributed by atoms with van der Waals surface area (Å²) in [7, 11) is 1.47. The van der Waals surface area contributed by atoms with Gasteiger partial charge in [-0.2, -0.15) is 0 Å². The average molecular weight is 473 g/mol. The maximum atomic E-state index is 12.7. The molecule has 0 atom stereocenters. The summed E-state index contributed by atoms with van der Waals surface area (Å²) in [6.45, 7) is 6.80. The Kier molecular flexibility index (Phi) is 8.05. The summed E-state index contributed by atoms with van der Waals surface area (Å²) in [5, 5.41) is 14.6. The van der Waals surface area contributed by atoms with Crippen molar-refractivity contribution in [2.45, 2.75) is 13.8 Å². The Morgan fingerprint density at radius 3 is 2.52 bits per heavy atom. The highest BCUT2D eigenvalue weighted by Crippen LogP contribution is 2.32. The highest BCUT2D eigenvalue weighted by molar-refractivity contribution is 7.80. The zero-order chi connectivity index (χ0) is 24.0. The molecule has 1 amide bonds. The Balaban J connectivity index is 1.58. The Labute approximate surface area is 198 Å². The fraction of sp³-hybridized carbons (Fsp3) is 0.391. The molecule has 0 aliphatic carbocycles. The fourth-order valence-electron chi connectivity index (χ4n) is 3.43. The van der Waals surface area contributed by atoms with E-state index in [9.17, 15) is 14.9 Å². The van der Waals surface area contributed by atoms with Gasteiger partial charge >= 0.3 is 0 Å². The second-order valence-electron chi connectivity index (χ2n) is 8.08. The minimum Gasteiger partial charge on any atom is -0.496 e. The number of benzene rings is 2. The number of nitro groups is 1. The molecular formula is C23H28N4O5S. The number of thiocarbonyl (C=S) groups is 1. The SMILES string of the molecule is COc1ccc(N2CCN(C(=S)NC(=O)c3cccc(OCC(C)C)c3)CC2)c([N+](=O)[O-])c1. The normalized spacial score (nSPS) is 13.6. The monoisotopic (exact) mass is 472 g/mol. The number of carbonyl (C=O) groups excluding carboxylic acids is 1. The van der Waals surface area contributed by atoms with Crippen LogP contribution in [0.2, 0.25) is 0 Å². The van der Waals surface area contributed by atoms with Gasteiger partial charge in [-0.15, -0.1) is 0 Å². The van der Waals surface area contributed by atoms with Crippen molar-refractivity contribution in [2.24, 2.45) is 5.92 Å². The van der Waals surface area contributed by atoms with Gasteiger partial charge in [0.2, 0.25) is 0 Å². The molecule has 0 aromatic heterocycles. The van der Waals surface area contributed by atoms with Crippen molar-refractivity contribution in [3.63, 3.8) is 0 Å². The van der Waals surface area contributed by atoms with Crippen LogP contribution in [0.4, 0.5) is 11.4 Å². The number of nitro benzene ring substituents is 1. The van der Waals surface area contributed by atoms with E-state index in [-0.39, 0.29) is 11.6 Å². The largest absolute Gasteiger partial charge is 0.496 e. The van der Waals surface area contributed by atoms with Crippen LogP contribution in [0.25, 0.3) is 0 Å². The third-order valence-electron chi connectivity index (χ3n) is 5.19. The first-order valence-electron chi connectivity index (χ1n) is 10.7. The number of methoxy groups -OCH3 is 1. The molecule has 33 heavy (non-hydrogen) atoms. The summed E-state index contributed by atoms with van der Waals surface area (Å²) in [6, 6.07) is 11.8. The summed E-state index contributed by atoms with van der Waals surface area (Å²) in [4.78, 5) is 27.6. The molecule has 0 spiro atoms. The summed E-state index contributed by atoms with van der Waals surface area (Å²) in [5.74, 6) is 1.15. The number of hydrogen-bond donors (Lipinski definition) is 1. The first-order chi connectivity index (χ1) is 15.8. The molecule has 0 bridgehead atoms. The van der Waals surface area contributed by atoms with Crippen LogP contribution in [0.5, 0.6) is 11.5 Å². The van der Waals surface area contributed by atoms with Crippen LogP contribution in [0.1, 0.15) is 24.2 Å². The molecule has 1 aliphatic rings. The van der Waals surface area contributed by atoms with Crippen LogP contribution in [0, 0.1) is 16.0 Å². The van der Waals surface area contributed by atoms with Crippen LogP contribution < -0.4 is 19.7 Å². The Hall–Kier alpha value is -3.40. The van der Waals surface area contributed by atoms with Crippen LogP contribution in [-0.4, -0.2) is 60.7 Å². The lowest BCUT2D eigenvalue weighted by molar-refractivity contribution is -0.384. The van der Waals surface area contributed by atoms with E-state index in [4.69, 9.17) is 21.7 Å². The number of amides is 1. The molecule has 9 nitrogen and oxygen atoms in total. The van der Waals surface area contributed by atoms with E-state index < -0.39 is 4.92 Å². The van der Waals surface area contributed by atoms with Gasteiger partial charge in [-0.3, -0.25) is 20.2 Å². The maximum absolute atomic E-state index is 12.7. The second-order valence-corrected chi connectivity index (χ2v) is 8.46. The van der Waals surface area contributed by atoms with Crippen molar-refractivity contribution in [1.82, 2.24) is 10.2 Å². The van der Waals surface area contributed by atoms with E-state index in [0.29, 0.717) is 66.6 Å². The molecule has 0 radical (unpaired) electrons. The standard InChI is InChI=1S/C23H28N4O5S/c1-16(2)15-32-19-6-4-5-17(13-19)22(28)24-23(33)26-11-9-25(10-12-26)20-8-7-18(31-3)14-21(20)27(29)30/h4-8,13-14,16H,9-12,15H2,1-3H3,(H,24,28,33). The molecular weight excluding hydrogens is 444 g/mol. The highest BCUT2D eigenvalue weighted by Gasteiger charge is 2.26. The minimum absolute atomic E-state index is 0.00162. The quantitative estimate of drug-likeness (QED) is 0.372. The molecule has 1 aliphatic heterocycles. The Morgan fingerprint density at radius 1 is 1.15 bits per heavy atom. The van der Waals surface area contributed by atoms with E-state index in [0.717, 1.165) is 0 Å². The average Bonchev–Trinajstić information content (AvgIpc) is 2.82. The number of nitrogens with zero attached hydrogens (tertiary/aromatic N) is 3. The van der Waals surface area contributed by atoms with Crippen LogP contribution in [0.15, 0.2) is 42.5 Å². The lowest BCUT2D eigenvalue weighted by atomic mass is 10.2. The number of ether oxygens (including phenoxy) is 2. The molecule has 3 rings (SSSR count). The number of carbonyl (C=O) groups is 1. The molecule has 1 heterocycles. The molecule has 0 unspecified atom stereocenters. The minimum atomic E-state index is -0.409. The van der Waals surface area contributed by atoms with Gasteiger partial charge in [-0.25, -0.2) is 0 Å². The van der Waals surface area contributed by atoms with Gasteiger partial charge in [0.1, 0.15) is 17.2 Å². The van der Waals surface area contributed by atoms with Crippen molar-refractivity contribution in [2.75, 3.05) is 44.8 Å². The molecule has 2 aromatic carbocycles. The predicted molar refractivity (Wildman–Crippen MR) is 130 cm³/mol. The third-order valence-corrected chi connectivity index (χ3v) is 5.55. The number of rotatable bonds is 7. The van der Waals surface area contributed by atoms with Gasteiger partial charge in [0, 0.05) is 31.7 Å². The maximum Gasteiger partial charge on any atom is 0.296 e. The third kappa shape index (κ3) is 6.32. The molecule has 10 heteroatoms. The molecule has 1 N–H and O–H groups in total. The van der Waals surface area contributed by atoms with E-state index in [1.165, 1.54) is 13.2 Å². The fourth-order valence-corrected chi connectivity index (χ4v) is 3.71. The van der Waals surface area contributed by atoms with E-state index in [1.54, 1.807) is 30.3 Å².